The zero-order valence-corrected chi connectivity index (χ0v) is 10.5. The topological polar surface area (TPSA) is 41.6 Å². The molecule has 4 heteroatoms. The van der Waals surface area contributed by atoms with Crippen LogP contribution in [0.15, 0.2) is 28.7 Å². The molecule has 1 aromatic rings. The lowest BCUT2D eigenvalue weighted by Crippen LogP contribution is -2.11. The van der Waals surface area contributed by atoms with Crippen molar-refractivity contribution < 1.29 is 9.53 Å². The van der Waals surface area contributed by atoms with Crippen molar-refractivity contribution >= 4 is 27.5 Å². The zero-order chi connectivity index (χ0) is 11.4. The third-order valence-corrected chi connectivity index (χ3v) is 2.93. The van der Waals surface area contributed by atoms with E-state index < -0.39 is 0 Å². The van der Waals surface area contributed by atoms with E-state index in [2.05, 4.69) is 21.2 Å². The van der Waals surface area contributed by atoms with Gasteiger partial charge in [-0.3, -0.25) is 4.79 Å². The Morgan fingerprint density at radius 3 is 3.06 bits per heavy atom. The summed E-state index contributed by atoms with van der Waals surface area (Å²) in [6.45, 7) is 0.868. The molecule has 0 radical (unpaired) electrons. The molecule has 86 valence electrons. The quantitative estimate of drug-likeness (QED) is 0.845. The van der Waals surface area contributed by atoms with E-state index in [0.717, 1.165) is 29.6 Å². The lowest BCUT2D eigenvalue weighted by atomic mass is 10.2. The number of carbonyl (C=O) groups is 1. The van der Waals surface area contributed by atoms with Gasteiger partial charge in [0.2, 0.25) is 5.91 Å². The Labute approximate surface area is 103 Å². The van der Waals surface area contributed by atoms with E-state index in [0.29, 0.717) is 12.5 Å². The van der Waals surface area contributed by atoms with E-state index >= 15 is 0 Å². The number of ether oxygens (including phenoxy) is 1. The monoisotopic (exact) mass is 283 g/mol. The number of carbonyl (C=O) groups excluding carboxylic acids is 1. The molecule has 1 saturated heterocycles. The largest absolute Gasteiger partial charge is 0.373 e. The number of rotatable bonds is 5. The minimum absolute atomic E-state index is 0.0683. The Hall–Kier alpha value is -0.870. The Morgan fingerprint density at radius 2 is 2.38 bits per heavy atom. The summed E-state index contributed by atoms with van der Waals surface area (Å²) >= 11 is 3.36. The number of epoxide rings is 1. The minimum atomic E-state index is 0.0683. The number of amides is 1. The van der Waals surface area contributed by atoms with Crippen LogP contribution in [0.25, 0.3) is 0 Å². The van der Waals surface area contributed by atoms with Crippen LogP contribution in [0, 0.1) is 0 Å². The van der Waals surface area contributed by atoms with Crippen molar-refractivity contribution in [2.45, 2.75) is 25.4 Å². The lowest BCUT2D eigenvalue weighted by Gasteiger charge is -2.04. The van der Waals surface area contributed by atoms with Gasteiger partial charge in [0.1, 0.15) is 0 Å². The molecule has 3 nitrogen and oxygen atoms in total. The molecule has 0 aromatic heterocycles. The molecule has 0 unspecified atom stereocenters. The van der Waals surface area contributed by atoms with Gasteiger partial charge < -0.3 is 10.1 Å². The highest BCUT2D eigenvalue weighted by Crippen LogP contribution is 2.18. The lowest BCUT2D eigenvalue weighted by molar-refractivity contribution is -0.116. The first-order chi connectivity index (χ1) is 7.74. The first-order valence-electron chi connectivity index (χ1n) is 5.41. The number of hydrogen-bond acceptors (Lipinski definition) is 2. The SMILES string of the molecule is O=C(CCC[C@@H]1CO1)Nc1cccc(Br)c1. The summed E-state index contributed by atoms with van der Waals surface area (Å²) in [5, 5.41) is 2.87. The van der Waals surface area contributed by atoms with Gasteiger partial charge in [-0.05, 0) is 31.0 Å². The first-order valence-corrected chi connectivity index (χ1v) is 6.20. The molecular weight excluding hydrogens is 270 g/mol. The molecule has 1 N–H and O–H groups in total. The summed E-state index contributed by atoms with van der Waals surface area (Å²) in [6, 6.07) is 7.60. The Kier molecular flexibility index (Phi) is 3.96. The van der Waals surface area contributed by atoms with Crippen LogP contribution in [0.5, 0.6) is 0 Å². The number of anilines is 1. The summed E-state index contributed by atoms with van der Waals surface area (Å²) in [7, 11) is 0. The highest BCUT2D eigenvalue weighted by molar-refractivity contribution is 9.10. The van der Waals surface area contributed by atoms with Gasteiger partial charge in [0, 0.05) is 16.6 Å². The third kappa shape index (κ3) is 3.94. The predicted octanol–water partition coefficient (Wildman–Crippen LogP) is 2.96. The average molecular weight is 284 g/mol. The standard InChI is InChI=1S/C12H14BrNO2/c13-9-3-1-4-10(7-9)14-12(15)6-2-5-11-8-16-11/h1,3-4,7,11H,2,5-6,8H2,(H,14,15)/t11-/m1/s1. The molecule has 1 atom stereocenters. The Balaban J connectivity index is 1.73. The maximum atomic E-state index is 11.6. The molecule has 0 bridgehead atoms. The van der Waals surface area contributed by atoms with Crippen molar-refractivity contribution in [1.29, 1.82) is 0 Å². The molecule has 1 aromatic carbocycles. The highest BCUT2D eigenvalue weighted by atomic mass is 79.9. The van der Waals surface area contributed by atoms with Crippen LogP contribution in [-0.4, -0.2) is 18.6 Å². The summed E-state index contributed by atoms with van der Waals surface area (Å²) < 4.78 is 6.06. The minimum Gasteiger partial charge on any atom is -0.373 e. The van der Waals surface area contributed by atoms with E-state index in [4.69, 9.17) is 4.74 Å². The predicted molar refractivity (Wildman–Crippen MR) is 66.4 cm³/mol. The van der Waals surface area contributed by atoms with Crippen molar-refractivity contribution in [2.75, 3.05) is 11.9 Å². The summed E-state index contributed by atoms with van der Waals surface area (Å²) in [5.74, 6) is 0.0683. The van der Waals surface area contributed by atoms with Gasteiger partial charge in [0.15, 0.2) is 0 Å². The van der Waals surface area contributed by atoms with Crippen LogP contribution in [0.4, 0.5) is 5.69 Å². The van der Waals surface area contributed by atoms with E-state index in [1.807, 2.05) is 24.3 Å². The van der Waals surface area contributed by atoms with E-state index in [1.54, 1.807) is 0 Å². The molecule has 1 heterocycles. The first kappa shape index (κ1) is 11.6. The second-order valence-corrected chi connectivity index (χ2v) is 4.82. The van der Waals surface area contributed by atoms with Crippen molar-refractivity contribution in [2.24, 2.45) is 0 Å². The fourth-order valence-corrected chi connectivity index (χ4v) is 1.91. The van der Waals surface area contributed by atoms with Crippen molar-refractivity contribution in [3.63, 3.8) is 0 Å². The highest BCUT2D eigenvalue weighted by Gasteiger charge is 2.21. The van der Waals surface area contributed by atoms with Crippen molar-refractivity contribution in [1.82, 2.24) is 0 Å². The summed E-state index contributed by atoms with van der Waals surface area (Å²) in [6.07, 6.45) is 2.86. The van der Waals surface area contributed by atoms with E-state index in [-0.39, 0.29) is 5.91 Å². The zero-order valence-electron chi connectivity index (χ0n) is 8.91. The molecule has 16 heavy (non-hydrogen) atoms. The summed E-state index contributed by atoms with van der Waals surface area (Å²) in [5.41, 5.74) is 0.835. The number of nitrogens with one attached hydrogen (secondary N) is 1. The normalized spacial score (nSPS) is 18.2. The van der Waals surface area contributed by atoms with Gasteiger partial charge in [0.25, 0.3) is 0 Å². The molecule has 0 aliphatic carbocycles. The Bertz CT molecular complexity index is 377. The fourth-order valence-electron chi connectivity index (χ4n) is 1.51. The molecule has 0 spiro atoms. The van der Waals surface area contributed by atoms with Crippen LogP contribution in [0.2, 0.25) is 0 Å². The molecule has 1 aliphatic heterocycles. The van der Waals surface area contributed by atoms with E-state index in [9.17, 15) is 4.79 Å². The molecule has 0 saturated carbocycles. The van der Waals surface area contributed by atoms with Crippen LogP contribution in [-0.2, 0) is 9.53 Å². The van der Waals surface area contributed by atoms with Gasteiger partial charge in [-0.15, -0.1) is 0 Å². The third-order valence-electron chi connectivity index (χ3n) is 2.44. The van der Waals surface area contributed by atoms with Gasteiger partial charge in [-0.2, -0.15) is 0 Å². The smallest absolute Gasteiger partial charge is 0.224 e. The number of halogens is 1. The maximum absolute atomic E-state index is 11.6. The molecule has 1 aliphatic rings. The van der Waals surface area contributed by atoms with E-state index in [1.165, 1.54) is 0 Å². The molecule has 1 fully saturated rings. The van der Waals surface area contributed by atoms with Gasteiger partial charge in [0.05, 0.1) is 12.7 Å². The summed E-state index contributed by atoms with van der Waals surface area (Å²) in [4.78, 5) is 11.6. The Morgan fingerprint density at radius 1 is 1.56 bits per heavy atom. The molecule has 2 rings (SSSR count). The number of hydrogen-bond donors (Lipinski definition) is 1. The molecule has 1 amide bonds. The maximum Gasteiger partial charge on any atom is 0.224 e. The number of benzene rings is 1. The van der Waals surface area contributed by atoms with Gasteiger partial charge in [-0.25, -0.2) is 0 Å². The molecular formula is C12H14BrNO2. The second-order valence-electron chi connectivity index (χ2n) is 3.91. The van der Waals surface area contributed by atoms with Gasteiger partial charge >= 0.3 is 0 Å². The van der Waals surface area contributed by atoms with Crippen molar-refractivity contribution in [3.05, 3.63) is 28.7 Å². The second kappa shape index (κ2) is 5.46. The van der Waals surface area contributed by atoms with Crippen LogP contribution in [0.3, 0.4) is 0 Å². The fraction of sp³-hybridized carbons (Fsp3) is 0.417. The van der Waals surface area contributed by atoms with Crippen LogP contribution >= 0.6 is 15.9 Å². The van der Waals surface area contributed by atoms with Crippen LogP contribution < -0.4 is 5.32 Å². The van der Waals surface area contributed by atoms with Crippen LogP contribution in [0.1, 0.15) is 19.3 Å². The van der Waals surface area contributed by atoms with Gasteiger partial charge in [-0.1, -0.05) is 22.0 Å². The van der Waals surface area contributed by atoms with Crippen molar-refractivity contribution in [3.8, 4) is 0 Å². The average Bonchev–Trinajstić information content (AvgIpc) is 3.01.